The fourth-order valence-corrected chi connectivity index (χ4v) is 1.94. The van der Waals surface area contributed by atoms with Gasteiger partial charge in [-0.25, -0.2) is 0 Å². The smallest absolute Gasteiger partial charge is 0.0741 e. The highest BCUT2D eigenvalue weighted by molar-refractivity contribution is 5.55. The summed E-state index contributed by atoms with van der Waals surface area (Å²) in [5.41, 5.74) is 2.22. The van der Waals surface area contributed by atoms with Crippen LogP contribution in [0, 0.1) is 0 Å². The molecule has 2 atom stereocenters. The molecule has 1 aromatic carbocycles. The summed E-state index contributed by atoms with van der Waals surface area (Å²) < 4.78 is 5.30. The molecule has 0 aromatic heterocycles. The number of hydrogen-bond acceptors (Lipinski definition) is 4. The third kappa shape index (κ3) is 4.73. The van der Waals surface area contributed by atoms with Crippen molar-refractivity contribution in [2.24, 2.45) is 0 Å². The van der Waals surface area contributed by atoms with Gasteiger partial charge in [-0.15, -0.1) is 0 Å². The molecule has 19 heavy (non-hydrogen) atoms. The highest BCUT2D eigenvalue weighted by Gasteiger charge is 2.10. The molecule has 108 valence electrons. The Morgan fingerprint density at radius 3 is 2.37 bits per heavy atom. The van der Waals surface area contributed by atoms with Gasteiger partial charge in [0.2, 0.25) is 0 Å². The third-order valence-electron chi connectivity index (χ3n) is 3.45. The summed E-state index contributed by atoms with van der Waals surface area (Å²) in [6.07, 6.45) is 0.168. The number of aliphatic hydroxyl groups excluding tert-OH is 1. The molecule has 0 saturated carbocycles. The summed E-state index contributed by atoms with van der Waals surface area (Å²) >= 11 is 0. The van der Waals surface area contributed by atoms with E-state index in [9.17, 15) is 0 Å². The Hall–Kier alpha value is -1.26. The summed E-state index contributed by atoms with van der Waals surface area (Å²) in [5.74, 6) is 0. The van der Waals surface area contributed by atoms with Crippen molar-refractivity contribution < 1.29 is 9.84 Å². The second-order valence-electron chi connectivity index (χ2n) is 4.72. The topological polar surface area (TPSA) is 44.7 Å². The van der Waals surface area contributed by atoms with E-state index in [0.29, 0.717) is 6.54 Å². The lowest BCUT2D eigenvalue weighted by molar-refractivity contribution is 0.106. The Morgan fingerprint density at radius 2 is 1.89 bits per heavy atom. The number of ether oxygens (including phenoxy) is 1. The van der Waals surface area contributed by atoms with E-state index in [1.807, 2.05) is 6.92 Å². The molecule has 2 unspecified atom stereocenters. The van der Waals surface area contributed by atoms with E-state index >= 15 is 0 Å². The number of benzene rings is 1. The molecule has 1 rings (SSSR count). The van der Waals surface area contributed by atoms with Crippen molar-refractivity contribution in [2.45, 2.75) is 32.9 Å². The van der Waals surface area contributed by atoms with Crippen LogP contribution in [0.3, 0.4) is 0 Å². The molecule has 4 nitrogen and oxygen atoms in total. The van der Waals surface area contributed by atoms with Crippen LogP contribution >= 0.6 is 0 Å². The summed E-state index contributed by atoms with van der Waals surface area (Å²) in [5, 5.41) is 12.4. The van der Waals surface area contributed by atoms with Crippen molar-refractivity contribution in [3.05, 3.63) is 24.3 Å². The Bertz CT molecular complexity index is 354. The van der Waals surface area contributed by atoms with Crippen molar-refractivity contribution in [1.29, 1.82) is 0 Å². The van der Waals surface area contributed by atoms with Crippen LogP contribution in [0.2, 0.25) is 0 Å². The zero-order valence-corrected chi connectivity index (χ0v) is 12.4. The van der Waals surface area contributed by atoms with Crippen LogP contribution in [-0.2, 0) is 4.74 Å². The predicted octanol–water partition coefficient (Wildman–Crippen LogP) is 2.34. The molecule has 4 heteroatoms. The van der Waals surface area contributed by atoms with E-state index in [1.165, 1.54) is 0 Å². The van der Waals surface area contributed by atoms with Gasteiger partial charge in [0.25, 0.3) is 0 Å². The zero-order valence-electron chi connectivity index (χ0n) is 12.4. The molecule has 0 aliphatic rings. The van der Waals surface area contributed by atoms with E-state index in [-0.39, 0.29) is 18.8 Å². The first kappa shape index (κ1) is 15.8. The molecule has 0 spiro atoms. The summed E-state index contributed by atoms with van der Waals surface area (Å²) in [4.78, 5) is 2.14. The highest BCUT2D eigenvalue weighted by Crippen LogP contribution is 2.18. The Balaban J connectivity index is 2.65. The molecule has 0 saturated heterocycles. The minimum atomic E-state index is 0.168. The van der Waals surface area contributed by atoms with Crippen molar-refractivity contribution >= 4 is 11.4 Å². The van der Waals surface area contributed by atoms with Crippen molar-refractivity contribution in [3.8, 4) is 0 Å². The van der Waals surface area contributed by atoms with Gasteiger partial charge in [0.15, 0.2) is 0 Å². The number of hydrogen-bond donors (Lipinski definition) is 2. The standard InChI is InChI=1S/C15H26N2O2/c1-5-17(10-11-18)15-8-6-14(7-9-15)16-12(2)13(3)19-4/h6-9,12-13,16,18H,5,10-11H2,1-4H3. The minimum Gasteiger partial charge on any atom is -0.395 e. The number of aliphatic hydroxyl groups is 1. The normalized spacial score (nSPS) is 13.9. The molecule has 0 aliphatic heterocycles. The van der Waals surface area contributed by atoms with E-state index in [4.69, 9.17) is 9.84 Å². The number of methoxy groups -OCH3 is 1. The lowest BCUT2D eigenvalue weighted by atomic mass is 10.2. The molecule has 0 aliphatic carbocycles. The SMILES string of the molecule is CCN(CCO)c1ccc(NC(C)C(C)OC)cc1. The monoisotopic (exact) mass is 266 g/mol. The maximum absolute atomic E-state index is 9.02. The molecule has 0 bridgehead atoms. The van der Waals surface area contributed by atoms with Crippen molar-refractivity contribution in [1.82, 2.24) is 0 Å². The minimum absolute atomic E-state index is 0.168. The quantitative estimate of drug-likeness (QED) is 0.758. The number of rotatable bonds is 8. The van der Waals surface area contributed by atoms with Gasteiger partial charge in [0.1, 0.15) is 0 Å². The van der Waals surface area contributed by atoms with Gasteiger partial charge in [0, 0.05) is 37.6 Å². The maximum Gasteiger partial charge on any atom is 0.0741 e. The summed E-state index contributed by atoms with van der Waals surface area (Å²) in [6.45, 7) is 7.98. The first-order chi connectivity index (χ1) is 9.12. The van der Waals surface area contributed by atoms with Crippen LogP contribution in [-0.4, -0.2) is 44.1 Å². The third-order valence-corrected chi connectivity index (χ3v) is 3.45. The first-order valence-electron chi connectivity index (χ1n) is 6.87. The van der Waals surface area contributed by atoms with Crippen LogP contribution in [0.5, 0.6) is 0 Å². The van der Waals surface area contributed by atoms with Gasteiger partial charge in [0.05, 0.1) is 12.7 Å². The van der Waals surface area contributed by atoms with Gasteiger partial charge in [-0.05, 0) is 45.0 Å². The Kier molecular flexibility index (Phi) is 6.67. The average molecular weight is 266 g/mol. The van der Waals surface area contributed by atoms with Gasteiger partial charge < -0.3 is 20.1 Å². The van der Waals surface area contributed by atoms with Gasteiger partial charge in [-0.3, -0.25) is 0 Å². The molecule has 0 amide bonds. The molecule has 1 aromatic rings. The molecular formula is C15H26N2O2. The van der Waals surface area contributed by atoms with Crippen molar-refractivity contribution in [3.63, 3.8) is 0 Å². The molecule has 2 N–H and O–H groups in total. The predicted molar refractivity (Wildman–Crippen MR) is 81.0 cm³/mol. The number of likely N-dealkylation sites (N-methyl/N-ethyl adjacent to an activating group) is 1. The molecular weight excluding hydrogens is 240 g/mol. The highest BCUT2D eigenvalue weighted by atomic mass is 16.5. The zero-order chi connectivity index (χ0) is 14.3. The maximum atomic E-state index is 9.02. The lowest BCUT2D eigenvalue weighted by Crippen LogP contribution is -2.29. The van der Waals surface area contributed by atoms with Crippen molar-refractivity contribution in [2.75, 3.05) is 37.0 Å². The fraction of sp³-hybridized carbons (Fsp3) is 0.600. The molecule has 0 fully saturated rings. The first-order valence-corrected chi connectivity index (χ1v) is 6.87. The van der Waals surface area contributed by atoms with Gasteiger partial charge in [-0.2, -0.15) is 0 Å². The average Bonchev–Trinajstić information content (AvgIpc) is 2.44. The largest absolute Gasteiger partial charge is 0.395 e. The lowest BCUT2D eigenvalue weighted by Gasteiger charge is -2.24. The van der Waals surface area contributed by atoms with E-state index < -0.39 is 0 Å². The van der Waals surface area contributed by atoms with Gasteiger partial charge in [-0.1, -0.05) is 0 Å². The second-order valence-corrected chi connectivity index (χ2v) is 4.72. The number of nitrogens with one attached hydrogen (secondary N) is 1. The Labute approximate surface area is 116 Å². The summed E-state index contributed by atoms with van der Waals surface area (Å²) in [7, 11) is 1.72. The van der Waals surface area contributed by atoms with Crippen LogP contribution in [0.15, 0.2) is 24.3 Å². The Morgan fingerprint density at radius 1 is 1.26 bits per heavy atom. The fourth-order valence-electron chi connectivity index (χ4n) is 1.94. The van der Waals surface area contributed by atoms with Crippen LogP contribution < -0.4 is 10.2 Å². The van der Waals surface area contributed by atoms with E-state index in [1.54, 1.807) is 7.11 Å². The van der Waals surface area contributed by atoms with Gasteiger partial charge >= 0.3 is 0 Å². The number of anilines is 2. The molecule has 0 heterocycles. The van der Waals surface area contributed by atoms with E-state index in [0.717, 1.165) is 17.9 Å². The van der Waals surface area contributed by atoms with Crippen LogP contribution in [0.25, 0.3) is 0 Å². The number of nitrogens with zero attached hydrogens (tertiary/aromatic N) is 1. The van der Waals surface area contributed by atoms with E-state index in [2.05, 4.69) is 48.3 Å². The summed E-state index contributed by atoms with van der Waals surface area (Å²) in [6, 6.07) is 8.54. The van der Waals surface area contributed by atoms with Crippen LogP contribution in [0.4, 0.5) is 11.4 Å². The second kappa shape index (κ2) is 8.02. The van der Waals surface area contributed by atoms with Crippen LogP contribution in [0.1, 0.15) is 20.8 Å². The molecule has 0 radical (unpaired) electrons.